The Morgan fingerprint density at radius 1 is 0.971 bits per heavy atom. The van der Waals surface area contributed by atoms with Crippen molar-refractivity contribution in [2.75, 3.05) is 26.4 Å². The first-order chi connectivity index (χ1) is 16.5. The number of benzene rings is 3. The summed E-state index contributed by atoms with van der Waals surface area (Å²) in [5.74, 6) is 0.429. The number of esters is 1. The van der Waals surface area contributed by atoms with Crippen LogP contribution in [0.5, 0.6) is 11.5 Å². The molecule has 0 bridgehead atoms. The first-order valence-electron chi connectivity index (χ1n) is 10.8. The Bertz CT molecular complexity index is 1230. The van der Waals surface area contributed by atoms with Crippen LogP contribution in [0.15, 0.2) is 71.6 Å². The average molecular weight is 478 g/mol. The summed E-state index contributed by atoms with van der Waals surface area (Å²) in [6, 6.07) is 20.5. The van der Waals surface area contributed by atoms with Crippen molar-refractivity contribution in [2.45, 2.75) is 6.92 Å². The molecule has 1 aliphatic rings. The molecule has 7 nitrogen and oxygen atoms in total. The summed E-state index contributed by atoms with van der Waals surface area (Å²) < 4.78 is 16.1. The molecule has 0 aromatic heterocycles. The zero-order valence-electron chi connectivity index (χ0n) is 18.6. The molecular formula is C26H23NO6S. The van der Waals surface area contributed by atoms with Crippen molar-refractivity contribution < 1.29 is 28.6 Å². The highest BCUT2D eigenvalue weighted by Crippen LogP contribution is 2.32. The zero-order chi connectivity index (χ0) is 23.9. The van der Waals surface area contributed by atoms with Crippen LogP contribution in [0.4, 0.5) is 4.79 Å². The molecule has 1 saturated heterocycles. The van der Waals surface area contributed by atoms with Crippen molar-refractivity contribution in [1.29, 1.82) is 0 Å². The van der Waals surface area contributed by atoms with Crippen LogP contribution in [0.2, 0.25) is 0 Å². The molecule has 3 aromatic carbocycles. The van der Waals surface area contributed by atoms with Crippen LogP contribution in [0.1, 0.15) is 12.5 Å². The van der Waals surface area contributed by atoms with Crippen LogP contribution in [-0.4, -0.2) is 48.4 Å². The monoisotopic (exact) mass is 477 g/mol. The van der Waals surface area contributed by atoms with Gasteiger partial charge >= 0.3 is 5.97 Å². The molecule has 0 radical (unpaired) electrons. The van der Waals surface area contributed by atoms with Gasteiger partial charge in [-0.1, -0.05) is 48.5 Å². The van der Waals surface area contributed by atoms with Crippen LogP contribution in [0.3, 0.4) is 0 Å². The lowest BCUT2D eigenvalue weighted by Crippen LogP contribution is -2.32. The van der Waals surface area contributed by atoms with Gasteiger partial charge in [-0.05, 0) is 53.9 Å². The molecule has 0 atom stereocenters. The number of fused-ring (bicyclic) bond motifs is 1. The number of carbonyl (C=O) groups excluding carboxylic acids is 3. The lowest BCUT2D eigenvalue weighted by Gasteiger charge is -2.14. The molecule has 174 valence electrons. The predicted octanol–water partition coefficient (Wildman–Crippen LogP) is 4.90. The third-order valence-corrected chi connectivity index (χ3v) is 5.94. The first-order valence-corrected chi connectivity index (χ1v) is 11.6. The predicted molar refractivity (Wildman–Crippen MR) is 131 cm³/mol. The van der Waals surface area contributed by atoms with Gasteiger partial charge in [0.25, 0.3) is 11.1 Å². The number of carbonyl (C=O) groups is 3. The second kappa shape index (κ2) is 10.9. The lowest BCUT2D eigenvalue weighted by molar-refractivity contribution is -0.145. The Labute approximate surface area is 201 Å². The summed E-state index contributed by atoms with van der Waals surface area (Å²) in [5.41, 5.74) is 0.737. The van der Waals surface area contributed by atoms with Crippen molar-refractivity contribution in [2.24, 2.45) is 0 Å². The molecule has 0 unspecified atom stereocenters. The van der Waals surface area contributed by atoms with E-state index >= 15 is 0 Å². The summed E-state index contributed by atoms with van der Waals surface area (Å²) in [6.45, 7) is 2.21. The van der Waals surface area contributed by atoms with Gasteiger partial charge in [0.2, 0.25) is 0 Å². The number of imide groups is 1. The SMILES string of the molecule is CCOC(=O)COc1ccc(/C=C2\SC(=O)N(CCOc3cccc4ccccc34)C2=O)cc1. The van der Waals surface area contributed by atoms with E-state index in [1.165, 1.54) is 4.90 Å². The second-order valence-corrected chi connectivity index (χ2v) is 8.32. The maximum absolute atomic E-state index is 12.8. The average Bonchev–Trinajstić information content (AvgIpc) is 3.11. The summed E-state index contributed by atoms with van der Waals surface area (Å²) in [6.07, 6.45) is 1.66. The number of hydrogen-bond donors (Lipinski definition) is 0. The van der Waals surface area contributed by atoms with Gasteiger partial charge in [0, 0.05) is 5.39 Å². The van der Waals surface area contributed by atoms with Crippen molar-refractivity contribution in [1.82, 2.24) is 4.90 Å². The molecule has 0 aliphatic carbocycles. The zero-order valence-corrected chi connectivity index (χ0v) is 19.4. The van der Waals surface area contributed by atoms with Crippen LogP contribution in [-0.2, 0) is 14.3 Å². The van der Waals surface area contributed by atoms with Crippen molar-refractivity contribution in [3.63, 3.8) is 0 Å². The standard InChI is InChI=1S/C26H23NO6S/c1-2-31-24(28)17-33-20-12-10-18(11-13-20)16-23-25(29)27(26(30)34-23)14-15-32-22-9-5-7-19-6-3-4-8-21(19)22/h3-13,16H,2,14-15,17H2,1H3/b23-16-. The highest BCUT2D eigenvalue weighted by atomic mass is 32.2. The van der Waals surface area contributed by atoms with Crippen LogP contribution >= 0.6 is 11.8 Å². The number of nitrogens with zero attached hydrogens (tertiary/aromatic N) is 1. The lowest BCUT2D eigenvalue weighted by atomic mass is 10.1. The Kier molecular flexibility index (Phi) is 7.49. The minimum absolute atomic E-state index is 0.159. The van der Waals surface area contributed by atoms with Crippen LogP contribution < -0.4 is 9.47 Å². The normalized spacial score (nSPS) is 14.6. The molecule has 8 heteroatoms. The molecule has 2 amide bonds. The van der Waals surface area contributed by atoms with Crippen molar-refractivity contribution in [3.8, 4) is 11.5 Å². The molecule has 4 rings (SSSR count). The second-order valence-electron chi connectivity index (χ2n) is 7.32. The fourth-order valence-electron chi connectivity index (χ4n) is 3.42. The first kappa shape index (κ1) is 23.4. The van der Waals surface area contributed by atoms with Crippen molar-refractivity contribution >= 4 is 45.7 Å². The Morgan fingerprint density at radius 3 is 2.53 bits per heavy atom. The number of hydrogen-bond acceptors (Lipinski definition) is 7. The van der Waals surface area contributed by atoms with E-state index in [0.717, 1.165) is 28.1 Å². The number of rotatable bonds is 9. The number of ether oxygens (including phenoxy) is 3. The molecular weight excluding hydrogens is 454 g/mol. The van der Waals surface area contributed by atoms with E-state index < -0.39 is 5.97 Å². The third kappa shape index (κ3) is 5.58. The smallest absolute Gasteiger partial charge is 0.344 e. The third-order valence-electron chi connectivity index (χ3n) is 5.04. The minimum Gasteiger partial charge on any atom is -0.491 e. The Hall–Kier alpha value is -3.78. The fraction of sp³-hybridized carbons (Fsp3) is 0.192. The largest absolute Gasteiger partial charge is 0.491 e. The van der Waals surface area contributed by atoms with Gasteiger partial charge in [0.05, 0.1) is 18.1 Å². The molecule has 3 aromatic rings. The molecule has 0 N–H and O–H groups in total. The number of amides is 2. The molecule has 1 aliphatic heterocycles. The van der Waals surface area contributed by atoms with E-state index in [0.29, 0.717) is 23.0 Å². The quantitative estimate of drug-likeness (QED) is 0.320. The van der Waals surface area contributed by atoms with E-state index in [9.17, 15) is 14.4 Å². The van der Waals surface area contributed by atoms with Crippen LogP contribution in [0, 0.1) is 0 Å². The topological polar surface area (TPSA) is 82.1 Å². The Morgan fingerprint density at radius 2 is 1.74 bits per heavy atom. The van der Waals surface area contributed by atoms with Crippen molar-refractivity contribution in [3.05, 3.63) is 77.2 Å². The minimum atomic E-state index is -0.440. The molecule has 0 spiro atoms. The van der Waals surface area contributed by atoms with Gasteiger partial charge in [-0.2, -0.15) is 0 Å². The highest BCUT2D eigenvalue weighted by molar-refractivity contribution is 8.18. The van der Waals surface area contributed by atoms with Gasteiger partial charge in [-0.3, -0.25) is 14.5 Å². The summed E-state index contributed by atoms with van der Waals surface area (Å²) >= 11 is 0.900. The molecule has 1 heterocycles. The summed E-state index contributed by atoms with van der Waals surface area (Å²) in [4.78, 5) is 38.1. The number of thioether (sulfide) groups is 1. The Balaban J connectivity index is 1.34. The van der Waals surface area contributed by atoms with E-state index in [1.807, 2.05) is 42.5 Å². The maximum atomic E-state index is 12.8. The molecule has 1 fully saturated rings. The van der Waals surface area contributed by atoms with E-state index in [4.69, 9.17) is 14.2 Å². The van der Waals surface area contributed by atoms with Gasteiger partial charge in [-0.25, -0.2) is 4.79 Å². The van der Waals surface area contributed by atoms with E-state index in [2.05, 4.69) is 0 Å². The van der Waals surface area contributed by atoms with E-state index in [-0.39, 0.29) is 30.9 Å². The molecule has 34 heavy (non-hydrogen) atoms. The van der Waals surface area contributed by atoms with Gasteiger partial charge in [0.1, 0.15) is 18.1 Å². The maximum Gasteiger partial charge on any atom is 0.344 e. The summed E-state index contributed by atoms with van der Waals surface area (Å²) in [7, 11) is 0. The van der Waals surface area contributed by atoms with Gasteiger partial charge in [-0.15, -0.1) is 0 Å². The van der Waals surface area contributed by atoms with Crippen LogP contribution in [0.25, 0.3) is 16.8 Å². The molecule has 0 saturated carbocycles. The van der Waals surface area contributed by atoms with Gasteiger partial charge in [0.15, 0.2) is 6.61 Å². The summed E-state index contributed by atoms with van der Waals surface area (Å²) in [5, 5.41) is 1.72. The highest BCUT2D eigenvalue weighted by Gasteiger charge is 2.34. The van der Waals surface area contributed by atoms with Gasteiger partial charge < -0.3 is 14.2 Å². The fourth-order valence-corrected chi connectivity index (χ4v) is 4.28. The van der Waals surface area contributed by atoms with E-state index in [1.54, 1.807) is 37.3 Å².